The number of rotatable bonds is 4. The van der Waals surface area contributed by atoms with E-state index >= 15 is 0 Å². The van der Waals surface area contributed by atoms with Crippen molar-refractivity contribution in [3.8, 4) is 0 Å². The van der Waals surface area contributed by atoms with Crippen LogP contribution in [0, 0.1) is 12.8 Å². The molecule has 1 fully saturated rings. The number of hydrogen-bond donors (Lipinski definition) is 1. The third kappa shape index (κ3) is 4.71. The standard InChI is InChI=1S/C19H20BrClN2O3S/c1-13-11-16(6-9-18(13)20)22-19(24)14-3-2-10-23(12-14)27(25,26)17-7-4-15(21)5-8-17/h4-9,11,14H,2-3,10,12H2,1H3,(H,22,24)/t14-/m1/s1. The highest BCUT2D eigenvalue weighted by atomic mass is 79.9. The lowest BCUT2D eigenvalue weighted by molar-refractivity contribution is -0.120. The second-order valence-electron chi connectivity index (χ2n) is 6.61. The first kappa shape index (κ1) is 20.3. The molecular weight excluding hydrogens is 452 g/mol. The van der Waals surface area contributed by atoms with Crippen molar-refractivity contribution in [1.29, 1.82) is 0 Å². The van der Waals surface area contributed by atoms with E-state index in [1.165, 1.54) is 16.4 Å². The van der Waals surface area contributed by atoms with Gasteiger partial charge in [0.15, 0.2) is 0 Å². The molecule has 1 aliphatic heterocycles. The van der Waals surface area contributed by atoms with Crippen LogP contribution in [0.3, 0.4) is 0 Å². The Bertz CT molecular complexity index is 948. The molecule has 2 aromatic carbocycles. The van der Waals surface area contributed by atoms with Crippen LogP contribution in [0.4, 0.5) is 5.69 Å². The first-order chi connectivity index (χ1) is 12.8. The Morgan fingerprint density at radius 1 is 1.22 bits per heavy atom. The zero-order valence-electron chi connectivity index (χ0n) is 14.8. The van der Waals surface area contributed by atoms with Crippen molar-refractivity contribution in [3.05, 3.63) is 57.5 Å². The molecule has 1 saturated heterocycles. The SMILES string of the molecule is Cc1cc(NC(=O)[C@@H]2CCCN(S(=O)(=O)c3ccc(Cl)cc3)C2)ccc1Br. The van der Waals surface area contributed by atoms with Crippen LogP contribution < -0.4 is 5.32 Å². The van der Waals surface area contributed by atoms with E-state index in [4.69, 9.17) is 11.6 Å². The number of carbonyl (C=O) groups excluding carboxylic acids is 1. The predicted molar refractivity (Wildman–Crippen MR) is 110 cm³/mol. The van der Waals surface area contributed by atoms with E-state index in [1.54, 1.807) is 12.1 Å². The lowest BCUT2D eigenvalue weighted by Gasteiger charge is -2.31. The van der Waals surface area contributed by atoms with Crippen LogP contribution in [0.1, 0.15) is 18.4 Å². The highest BCUT2D eigenvalue weighted by Gasteiger charge is 2.33. The molecular formula is C19H20BrClN2O3S. The van der Waals surface area contributed by atoms with Gasteiger partial charge in [-0.15, -0.1) is 0 Å². The molecule has 0 bridgehead atoms. The first-order valence-corrected chi connectivity index (χ1v) is 11.2. The molecule has 1 atom stereocenters. The maximum atomic E-state index is 12.9. The van der Waals surface area contributed by atoms with Gasteiger partial charge in [-0.2, -0.15) is 4.31 Å². The summed E-state index contributed by atoms with van der Waals surface area (Å²) < 4.78 is 28.1. The normalized spacial score (nSPS) is 18.3. The van der Waals surface area contributed by atoms with E-state index in [0.29, 0.717) is 30.1 Å². The molecule has 2 aromatic rings. The summed E-state index contributed by atoms with van der Waals surface area (Å²) in [5.41, 5.74) is 1.72. The van der Waals surface area contributed by atoms with Gasteiger partial charge in [0.05, 0.1) is 10.8 Å². The Balaban J connectivity index is 1.72. The van der Waals surface area contributed by atoms with Crippen molar-refractivity contribution in [2.24, 2.45) is 5.92 Å². The second-order valence-corrected chi connectivity index (χ2v) is 9.84. The first-order valence-electron chi connectivity index (χ1n) is 8.60. The molecule has 0 aromatic heterocycles. The number of hydrogen-bond acceptors (Lipinski definition) is 3. The Morgan fingerprint density at radius 2 is 1.93 bits per heavy atom. The van der Waals surface area contributed by atoms with Crippen molar-refractivity contribution in [1.82, 2.24) is 4.31 Å². The molecule has 1 amide bonds. The Morgan fingerprint density at radius 3 is 2.59 bits per heavy atom. The number of piperidine rings is 1. The Labute approximate surface area is 172 Å². The minimum Gasteiger partial charge on any atom is -0.326 e. The number of nitrogens with zero attached hydrogens (tertiary/aromatic N) is 1. The van der Waals surface area contributed by atoms with E-state index in [9.17, 15) is 13.2 Å². The molecule has 0 radical (unpaired) electrons. The summed E-state index contributed by atoms with van der Waals surface area (Å²) >= 11 is 9.28. The van der Waals surface area contributed by atoms with Crippen molar-refractivity contribution in [2.45, 2.75) is 24.7 Å². The zero-order valence-corrected chi connectivity index (χ0v) is 17.9. The van der Waals surface area contributed by atoms with Crippen LogP contribution in [0.5, 0.6) is 0 Å². The second kappa shape index (κ2) is 8.31. The third-order valence-electron chi connectivity index (χ3n) is 4.63. The van der Waals surface area contributed by atoms with E-state index in [2.05, 4.69) is 21.2 Å². The van der Waals surface area contributed by atoms with Gasteiger partial charge in [-0.25, -0.2) is 8.42 Å². The molecule has 0 aliphatic carbocycles. The van der Waals surface area contributed by atoms with Gasteiger partial charge in [-0.1, -0.05) is 27.5 Å². The third-order valence-corrected chi connectivity index (χ3v) is 7.65. The summed E-state index contributed by atoms with van der Waals surface area (Å²) in [5.74, 6) is -0.544. The van der Waals surface area contributed by atoms with E-state index < -0.39 is 10.0 Å². The molecule has 27 heavy (non-hydrogen) atoms. The number of amides is 1. The van der Waals surface area contributed by atoms with E-state index in [0.717, 1.165) is 10.0 Å². The van der Waals surface area contributed by atoms with Crippen molar-refractivity contribution in [3.63, 3.8) is 0 Å². The Hall–Kier alpha value is -1.41. The average Bonchev–Trinajstić information content (AvgIpc) is 2.65. The number of carbonyl (C=O) groups is 1. The molecule has 0 saturated carbocycles. The molecule has 144 valence electrons. The van der Waals surface area contributed by atoms with Crippen molar-refractivity contribution in [2.75, 3.05) is 18.4 Å². The number of aryl methyl sites for hydroxylation is 1. The van der Waals surface area contributed by atoms with Crippen molar-refractivity contribution >= 4 is 49.1 Å². The van der Waals surface area contributed by atoms with Gasteiger partial charge in [-0.3, -0.25) is 4.79 Å². The lowest BCUT2D eigenvalue weighted by atomic mass is 9.98. The summed E-state index contributed by atoms with van der Waals surface area (Å²) in [6.07, 6.45) is 1.30. The maximum absolute atomic E-state index is 12.9. The average molecular weight is 472 g/mol. The summed E-state index contributed by atoms with van der Waals surface area (Å²) in [7, 11) is -3.64. The van der Waals surface area contributed by atoms with Gasteiger partial charge in [-0.05, 0) is 67.8 Å². The van der Waals surface area contributed by atoms with Crippen LogP contribution in [0.2, 0.25) is 5.02 Å². The largest absolute Gasteiger partial charge is 0.326 e. The minimum absolute atomic E-state index is 0.160. The van der Waals surface area contributed by atoms with Gasteiger partial charge in [0.2, 0.25) is 15.9 Å². The van der Waals surface area contributed by atoms with Crippen LogP contribution in [0.15, 0.2) is 51.8 Å². The highest BCUT2D eigenvalue weighted by molar-refractivity contribution is 9.10. The monoisotopic (exact) mass is 470 g/mol. The van der Waals surface area contributed by atoms with E-state index in [1.807, 2.05) is 25.1 Å². The number of benzene rings is 2. The fourth-order valence-electron chi connectivity index (χ4n) is 3.10. The smallest absolute Gasteiger partial charge is 0.243 e. The molecule has 0 unspecified atom stereocenters. The maximum Gasteiger partial charge on any atom is 0.243 e. The summed E-state index contributed by atoms with van der Waals surface area (Å²) in [5, 5.41) is 3.38. The molecule has 1 heterocycles. The van der Waals surface area contributed by atoms with Gasteiger partial charge in [0.1, 0.15) is 0 Å². The van der Waals surface area contributed by atoms with Gasteiger partial charge in [0, 0.05) is 28.3 Å². The highest BCUT2D eigenvalue weighted by Crippen LogP contribution is 2.26. The topological polar surface area (TPSA) is 66.5 Å². The van der Waals surface area contributed by atoms with Crippen molar-refractivity contribution < 1.29 is 13.2 Å². The number of halogens is 2. The summed E-state index contributed by atoms with van der Waals surface area (Å²) in [4.78, 5) is 12.8. The van der Waals surface area contributed by atoms with Gasteiger partial charge < -0.3 is 5.32 Å². The van der Waals surface area contributed by atoms with Gasteiger partial charge >= 0.3 is 0 Å². The lowest BCUT2D eigenvalue weighted by Crippen LogP contribution is -2.43. The quantitative estimate of drug-likeness (QED) is 0.716. The van der Waals surface area contributed by atoms with Gasteiger partial charge in [0.25, 0.3) is 0 Å². The summed E-state index contributed by atoms with van der Waals surface area (Å²) in [6.45, 7) is 2.53. The van der Waals surface area contributed by atoms with Crippen LogP contribution >= 0.6 is 27.5 Å². The fourth-order valence-corrected chi connectivity index (χ4v) is 4.99. The van der Waals surface area contributed by atoms with Crippen LogP contribution in [0.25, 0.3) is 0 Å². The van der Waals surface area contributed by atoms with Crippen LogP contribution in [-0.4, -0.2) is 31.7 Å². The molecule has 3 rings (SSSR count). The van der Waals surface area contributed by atoms with Crippen LogP contribution in [-0.2, 0) is 14.8 Å². The molecule has 0 spiro atoms. The fraction of sp³-hybridized carbons (Fsp3) is 0.316. The number of anilines is 1. The Kier molecular flexibility index (Phi) is 6.25. The minimum atomic E-state index is -3.64. The predicted octanol–water partition coefficient (Wildman–Crippen LogP) is 4.45. The molecule has 5 nitrogen and oxygen atoms in total. The number of nitrogens with one attached hydrogen (secondary N) is 1. The molecule has 1 N–H and O–H groups in total. The zero-order chi connectivity index (χ0) is 19.6. The van der Waals surface area contributed by atoms with E-state index in [-0.39, 0.29) is 23.3 Å². The summed E-state index contributed by atoms with van der Waals surface area (Å²) in [6, 6.07) is 11.7. The molecule has 8 heteroatoms. The number of sulfonamides is 1. The molecule has 1 aliphatic rings.